The van der Waals surface area contributed by atoms with Gasteiger partial charge in [0.2, 0.25) is 0 Å². The number of fused-ring (bicyclic) bond motifs is 1. The molecule has 1 aliphatic rings. The molecule has 0 bridgehead atoms. The highest BCUT2D eigenvalue weighted by Crippen LogP contribution is 2.36. The molecule has 0 N–H and O–H groups in total. The van der Waals surface area contributed by atoms with Gasteiger partial charge in [-0.1, -0.05) is 0 Å². The van der Waals surface area contributed by atoms with Crippen LogP contribution in [0.1, 0.15) is 20.9 Å². The van der Waals surface area contributed by atoms with E-state index in [1.807, 2.05) is 40.9 Å². The Kier molecular flexibility index (Phi) is 3.86. The van der Waals surface area contributed by atoms with E-state index in [4.69, 9.17) is 4.74 Å². The summed E-state index contributed by atoms with van der Waals surface area (Å²) in [4.78, 5) is 21.3. The Labute approximate surface area is 144 Å². The predicted octanol–water partition coefficient (Wildman–Crippen LogP) is 3.18. The zero-order valence-corrected chi connectivity index (χ0v) is 14.6. The second-order valence-corrected chi connectivity index (χ2v) is 7.03. The van der Waals surface area contributed by atoms with Crippen molar-refractivity contribution in [1.82, 2.24) is 14.5 Å². The molecule has 24 heavy (non-hydrogen) atoms. The van der Waals surface area contributed by atoms with E-state index in [1.165, 1.54) is 11.3 Å². The molecule has 1 aliphatic heterocycles. The van der Waals surface area contributed by atoms with Crippen LogP contribution < -0.4 is 0 Å². The molecule has 0 atom stereocenters. The number of amides is 1. The second kappa shape index (κ2) is 6.03. The van der Waals surface area contributed by atoms with E-state index >= 15 is 0 Å². The molecule has 3 aromatic rings. The van der Waals surface area contributed by atoms with Gasteiger partial charge in [-0.25, -0.2) is 4.98 Å². The molecule has 0 aromatic carbocycles. The molecule has 0 aliphatic carbocycles. The van der Waals surface area contributed by atoms with Crippen LogP contribution in [0, 0.1) is 13.8 Å². The van der Waals surface area contributed by atoms with E-state index in [0.717, 1.165) is 32.0 Å². The Morgan fingerprint density at radius 3 is 2.62 bits per heavy atom. The summed E-state index contributed by atoms with van der Waals surface area (Å²) >= 11 is 1.49. The lowest BCUT2D eigenvalue weighted by Gasteiger charge is -2.26. The summed E-state index contributed by atoms with van der Waals surface area (Å²) in [7, 11) is 0. The molecule has 0 saturated carbocycles. The number of carbonyl (C=O) groups excluding carboxylic acids is 1. The molecule has 3 aromatic heterocycles. The van der Waals surface area contributed by atoms with Crippen LogP contribution in [0.5, 0.6) is 0 Å². The Balaban J connectivity index is 1.92. The van der Waals surface area contributed by atoms with Crippen molar-refractivity contribution in [2.24, 2.45) is 0 Å². The van der Waals surface area contributed by atoms with Gasteiger partial charge in [-0.15, -0.1) is 11.3 Å². The lowest BCUT2D eigenvalue weighted by atomic mass is 10.1. The first-order valence-corrected chi connectivity index (χ1v) is 8.88. The summed E-state index contributed by atoms with van der Waals surface area (Å²) < 4.78 is 7.40. The number of aromatic nitrogens is 2. The summed E-state index contributed by atoms with van der Waals surface area (Å²) in [5.74, 6) is 0.0713. The van der Waals surface area contributed by atoms with Gasteiger partial charge in [-0.05, 0) is 37.6 Å². The van der Waals surface area contributed by atoms with E-state index in [-0.39, 0.29) is 5.91 Å². The summed E-state index contributed by atoms with van der Waals surface area (Å²) in [6.45, 7) is 6.57. The molecule has 1 amide bonds. The molecule has 1 saturated heterocycles. The van der Waals surface area contributed by atoms with Crippen LogP contribution in [0.4, 0.5) is 0 Å². The van der Waals surface area contributed by atoms with Crippen molar-refractivity contribution in [3.8, 4) is 5.69 Å². The number of rotatable bonds is 2. The van der Waals surface area contributed by atoms with Crippen LogP contribution >= 0.6 is 11.3 Å². The molecule has 4 rings (SSSR count). The van der Waals surface area contributed by atoms with Gasteiger partial charge in [0.05, 0.1) is 18.9 Å². The van der Waals surface area contributed by atoms with E-state index in [1.54, 1.807) is 0 Å². The van der Waals surface area contributed by atoms with Crippen LogP contribution in [-0.2, 0) is 4.74 Å². The lowest BCUT2D eigenvalue weighted by molar-refractivity contribution is 0.0306. The minimum absolute atomic E-state index is 0.0713. The van der Waals surface area contributed by atoms with Crippen LogP contribution in [0.3, 0.4) is 0 Å². The van der Waals surface area contributed by atoms with Gasteiger partial charge in [0.25, 0.3) is 5.91 Å². The minimum Gasteiger partial charge on any atom is -0.378 e. The molecule has 4 heterocycles. The first kappa shape index (κ1) is 15.4. The van der Waals surface area contributed by atoms with Gasteiger partial charge in [0.1, 0.15) is 9.71 Å². The summed E-state index contributed by atoms with van der Waals surface area (Å²) in [6, 6.07) is 6.03. The number of carbonyl (C=O) groups is 1. The van der Waals surface area contributed by atoms with Crippen molar-refractivity contribution in [1.29, 1.82) is 0 Å². The molecule has 1 fully saturated rings. The normalized spacial score (nSPS) is 15.2. The molecule has 5 nitrogen and oxygen atoms in total. The van der Waals surface area contributed by atoms with Crippen molar-refractivity contribution < 1.29 is 9.53 Å². The van der Waals surface area contributed by atoms with Crippen LogP contribution in [0.25, 0.3) is 15.9 Å². The van der Waals surface area contributed by atoms with Crippen molar-refractivity contribution in [3.05, 3.63) is 46.7 Å². The van der Waals surface area contributed by atoms with Gasteiger partial charge >= 0.3 is 0 Å². The maximum atomic E-state index is 13.1. The van der Waals surface area contributed by atoms with Crippen LogP contribution in [-0.4, -0.2) is 46.7 Å². The second-order valence-electron chi connectivity index (χ2n) is 6.04. The number of ether oxygens (including phenoxy) is 1. The average Bonchev–Trinajstić information content (AvgIpc) is 3.21. The summed E-state index contributed by atoms with van der Waals surface area (Å²) in [5, 5.41) is 1.07. The third kappa shape index (κ3) is 2.52. The van der Waals surface area contributed by atoms with E-state index in [9.17, 15) is 4.79 Å². The fraction of sp³-hybridized carbons (Fsp3) is 0.333. The number of morpholine rings is 1. The fourth-order valence-electron chi connectivity index (χ4n) is 3.21. The van der Waals surface area contributed by atoms with E-state index in [0.29, 0.717) is 26.3 Å². The first-order valence-electron chi connectivity index (χ1n) is 8.06. The minimum atomic E-state index is 0.0713. The van der Waals surface area contributed by atoms with Gasteiger partial charge < -0.3 is 14.2 Å². The Bertz CT molecular complexity index is 893. The van der Waals surface area contributed by atoms with Gasteiger partial charge in [0.15, 0.2) is 0 Å². The highest BCUT2D eigenvalue weighted by Gasteiger charge is 2.26. The van der Waals surface area contributed by atoms with Gasteiger partial charge in [-0.3, -0.25) is 4.79 Å². The monoisotopic (exact) mass is 341 g/mol. The first-order chi connectivity index (χ1) is 11.6. The van der Waals surface area contributed by atoms with Gasteiger partial charge in [0, 0.05) is 36.6 Å². The van der Waals surface area contributed by atoms with E-state index < -0.39 is 0 Å². The number of pyridine rings is 1. The van der Waals surface area contributed by atoms with Crippen molar-refractivity contribution in [2.45, 2.75) is 13.8 Å². The maximum absolute atomic E-state index is 13.1. The Morgan fingerprint density at radius 2 is 1.92 bits per heavy atom. The largest absolute Gasteiger partial charge is 0.378 e. The van der Waals surface area contributed by atoms with Crippen LogP contribution in [0.2, 0.25) is 0 Å². The SMILES string of the molecule is Cc1cc(C)c2c(-n3cccc3)c(C(=O)N3CCOCC3)sc2n1. The van der Waals surface area contributed by atoms with Gasteiger partial charge in [-0.2, -0.15) is 0 Å². The number of hydrogen-bond acceptors (Lipinski definition) is 4. The topological polar surface area (TPSA) is 47.4 Å². The van der Waals surface area contributed by atoms with Crippen LogP contribution in [0.15, 0.2) is 30.6 Å². The highest BCUT2D eigenvalue weighted by atomic mass is 32.1. The standard InChI is InChI=1S/C18H19N3O2S/c1-12-11-13(2)19-17-14(12)15(20-5-3-4-6-20)16(24-17)18(22)21-7-9-23-10-8-21/h3-6,11H,7-10H2,1-2H3. The number of hydrogen-bond donors (Lipinski definition) is 0. The molecule has 0 unspecified atom stereocenters. The Morgan fingerprint density at radius 1 is 1.21 bits per heavy atom. The quantitative estimate of drug-likeness (QED) is 0.719. The molecule has 6 heteroatoms. The lowest BCUT2D eigenvalue weighted by Crippen LogP contribution is -2.40. The molecular formula is C18H19N3O2S. The molecular weight excluding hydrogens is 322 g/mol. The van der Waals surface area contributed by atoms with Crippen molar-refractivity contribution in [3.63, 3.8) is 0 Å². The fourth-order valence-corrected chi connectivity index (χ4v) is 4.47. The Hall–Kier alpha value is -2.18. The summed E-state index contributed by atoms with van der Waals surface area (Å²) in [6.07, 6.45) is 3.97. The number of nitrogens with zero attached hydrogens (tertiary/aromatic N) is 3. The van der Waals surface area contributed by atoms with E-state index in [2.05, 4.69) is 18.0 Å². The smallest absolute Gasteiger partial charge is 0.266 e. The summed E-state index contributed by atoms with van der Waals surface area (Å²) in [5.41, 5.74) is 3.07. The zero-order valence-electron chi connectivity index (χ0n) is 13.8. The third-order valence-corrected chi connectivity index (χ3v) is 5.38. The van der Waals surface area contributed by atoms with Crippen molar-refractivity contribution >= 4 is 27.5 Å². The molecule has 124 valence electrons. The zero-order chi connectivity index (χ0) is 16.7. The van der Waals surface area contributed by atoms with Crippen molar-refractivity contribution in [2.75, 3.05) is 26.3 Å². The average molecular weight is 341 g/mol. The highest BCUT2D eigenvalue weighted by molar-refractivity contribution is 7.21. The predicted molar refractivity (Wildman–Crippen MR) is 95.1 cm³/mol. The third-order valence-electron chi connectivity index (χ3n) is 4.32. The number of thiophene rings is 1. The number of aryl methyl sites for hydroxylation is 2. The molecule has 0 spiro atoms. The molecule has 0 radical (unpaired) electrons. The maximum Gasteiger partial charge on any atom is 0.266 e.